The summed E-state index contributed by atoms with van der Waals surface area (Å²) in [6, 6.07) is -0.587. The molecule has 0 unspecified atom stereocenters. The molecule has 126 valence electrons. The maximum absolute atomic E-state index is 11.9. The molecule has 10 heteroatoms. The van der Waals surface area contributed by atoms with Gasteiger partial charge in [-0.05, 0) is 13.8 Å². The highest BCUT2D eigenvalue weighted by atomic mass is 16.5. The Morgan fingerprint density at radius 1 is 1.43 bits per heavy atom. The van der Waals surface area contributed by atoms with Crippen molar-refractivity contribution in [3.63, 3.8) is 0 Å². The van der Waals surface area contributed by atoms with E-state index in [1.165, 1.54) is 4.90 Å². The number of urea groups is 1. The number of rotatable bonds is 7. The largest absolute Gasteiger partial charge is 0.384 e. The Balaban J connectivity index is 1.84. The van der Waals surface area contributed by atoms with Crippen LogP contribution in [0.15, 0.2) is 4.52 Å². The van der Waals surface area contributed by atoms with Crippen LogP contribution in [0, 0.1) is 0 Å². The third-order valence-electron chi connectivity index (χ3n) is 3.47. The molecule has 23 heavy (non-hydrogen) atoms. The zero-order valence-electron chi connectivity index (χ0n) is 13.2. The van der Waals surface area contributed by atoms with Crippen LogP contribution < -0.4 is 10.6 Å². The predicted molar refractivity (Wildman–Crippen MR) is 76.0 cm³/mol. The molecule has 1 fully saturated rings. The van der Waals surface area contributed by atoms with Crippen molar-refractivity contribution in [2.75, 3.05) is 20.3 Å². The van der Waals surface area contributed by atoms with Crippen molar-refractivity contribution in [2.45, 2.75) is 32.4 Å². The summed E-state index contributed by atoms with van der Waals surface area (Å²) in [5, 5.41) is 8.48. The Morgan fingerprint density at radius 2 is 2.17 bits per heavy atom. The van der Waals surface area contributed by atoms with Gasteiger partial charge in [-0.15, -0.1) is 0 Å². The van der Waals surface area contributed by atoms with Gasteiger partial charge in [-0.1, -0.05) is 5.16 Å². The molecular weight excluding hydrogens is 306 g/mol. The molecule has 0 atom stereocenters. The van der Waals surface area contributed by atoms with E-state index in [4.69, 9.17) is 9.26 Å². The third-order valence-corrected chi connectivity index (χ3v) is 3.47. The van der Waals surface area contributed by atoms with Gasteiger partial charge in [-0.25, -0.2) is 4.79 Å². The van der Waals surface area contributed by atoms with E-state index >= 15 is 0 Å². The van der Waals surface area contributed by atoms with Crippen LogP contribution in [-0.4, -0.2) is 58.7 Å². The fourth-order valence-electron chi connectivity index (χ4n) is 1.99. The van der Waals surface area contributed by atoms with Crippen molar-refractivity contribution in [3.8, 4) is 0 Å². The number of carbonyl (C=O) groups excluding carboxylic acids is 3. The first-order chi connectivity index (χ1) is 10.8. The summed E-state index contributed by atoms with van der Waals surface area (Å²) in [6.45, 7) is 3.43. The molecule has 1 saturated heterocycles. The first-order valence-corrected chi connectivity index (χ1v) is 7.04. The number of hydrogen-bond acceptors (Lipinski definition) is 7. The number of methoxy groups -OCH3 is 1. The van der Waals surface area contributed by atoms with Crippen molar-refractivity contribution >= 4 is 17.8 Å². The number of hydrogen-bond donors (Lipinski definition) is 2. The number of aromatic nitrogens is 2. The Hall–Kier alpha value is -2.49. The van der Waals surface area contributed by atoms with Gasteiger partial charge >= 0.3 is 6.03 Å². The van der Waals surface area contributed by atoms with Gasteiger partial charge in [0.05, 0.1) is 19.6 Å². The van der Waals surface area contributed by atoms with Gasteiger partial charge in [0.2, 0.25) is 11.8 Å². The van der Waals surface area contributed by atoms with Crippen LogP contribution in [0.4, 0.5) is 4.79 Å². The van der Waals surface area contributed by atoms with Gasteiger partial charge in [0.15, 0.2) is 5.82 Å². The second-order valence-corrected chi connectivity index (χ2v) is 5.53. The van der Waals surface area contributed by atoms with E-state index < -0.39 is 23.4 Å². The summed E-state index contributed by atoms with van der Waals surface area (Å²) in [4.78, 5) is 40.5. The Labute approximate surface area is 132 Å². The molecule has 0 aliphatic carbocycles. The van der Waals surface area contributed by atoms with Crippen molar-refractivity contribution in [1.29, 1.82) is 0 Å². The average Bonchev–Trinajstić information content (AvgIpc) is 3.02. The topological polar surface area (TPSA) is 127 Å². The monoisotopic (exact) mass is 325 g/mol. The summed E-state index contributed by atoms with van der Waals surface area (Å²) in [5.41, 5.74) is -1.06. The van der Waals surface area contributed by atoms with Gasteiger partial charge in [0, 0.05) is 7.11 Å². The molecule has 0 saturated carbocycles. The van der Waals surface area contributed by atoms with Gasteiger partial charge in [-0.2, -0.15) is 4.98 Å². The SMILES string of the molecule is COCCc1nc(CNC(=O)CN2C(=O)NC(=O)C2(C)C)no1. The molecule has 0 bridgehead atoms. The van der Waals surface area contributed by atoms with Gasteiger partial charge in [0.25, 0.3) is 5.91 Å². The summed E-state index contributed by atoms with van der Waals surface area (Å²) in [6.07, 6.45) is 0.488. The first kappa shape index (κ1) is 16.9. The number of ether oxygens (including phenoxy) is 1. The molecule has 0 aromatic carbocycles. The van der Waals surface area contributed by atoms with Crippen molar-refractivity contribution in [2.24, 2.45) is 0 Å². The highest BCUT2D eigenvalue weighted by Gasteiger charge is 2.46. The molecule has 1 aliphatic rings. The second-order valence-electron chi connectivity index (χ2n) is 5.53. The number of nitrogens with zero attached hydrogens (tertiary/aromatic N) is 3. The van der Waals surface area contributed by atoms with Gasteiger partial charge in [0.1, 0.15) is 12.1 Å². The van der Waals surface area contributed by atoms with Crippen molar-refractivity contribution in [3.05, 3.63) is 11.7 Å². The highest BCUT2D eigenvalue weighted by molar-refractivity contribution is 6.07. The summed E-state index contributed by atoms with van der Waals surface area (Å²) >= 11 is 0. The summed E-state index contributed by atoms with van der Waals surface area (Å²) in [5.74, 6) is -0.116. The smallest absolute Gasteiger partial charge is 0.325 e. The molecule has 4 amide bonds. The van der Waals surface area contributed by atoms with Crippen LogP contribution in [0.3, 0.4) is 0 Å². The number of imide groups is 1. The molecule has 1 aromatic heterocycles. The normalized spacial score (nSPS) is 16.6. The highest BCUT2D eigenvalue weighted by Crippen LogP contribution is 2.20. The molecule has 1 aliphatic heterocycles. The Morgan fingerprint density at radius 3 is 2.78 bits per heavy atom. The van der Waals surface area contributed by atoms with E-state index in [1.807, 2.05) is 0 Å². The van der Waals surface area contributed by atoms with Gasteiger partial charge in [-0.3, -0.25) is 14.9 Å². The van der Waals surface area contributed by atoms with Crippen molar-refractivity contribution < 1.29 is 23.6 Å². The van der Waals surface area contributed by atoms with Crippen LogP contribution in [0.25, 0.3) is 0 Å². The molecule has 0 radical (unpaired) electrons. The number of carbonyl (C=O) groups is 3. The van der Waals surface area contributed by atoms with Crippen LogP contribution in [-0.2, 0) is 27.3 Å². The minimum Gasteiger partial charge on any atom is -0.384 e. The third kappa shape index (κ3) is 3.83. The fraction of sp³-hybridized carbons (Fsp3) is 0.615. The molecule has 10 nitrogen and oxygen atoms in total. The maximum Gasteiger partial charge on any atom is 0.325 e. The predicted octanol–water partition coefficient (Wildman–Crippen LogP) is -0.795. The molecule has 2 heterocycles. The van der Waals surface area contributed by atoms with Crippen molar-refractivity contribution in [1.82, 2.24) is 25.7 Å². The molecule has 2 rings (SSSR count). The summed E-state index contributed by atoms with van der Waals surface area (Å²) in [7, 11) is 1.57. The average molecular weight is 325 g/mol. The van der Waals surface area contributed by atoms with E-state index in [-0.39, 0.29) is 13.1 Å². The summed E-state index contributed by atoms with van der Waals surface area (Å²) < 4.78 is 9.88. The zero-order chi connectivity index (χ0) is 17.0. The fourth-order valence-corrected chi connectivity index (χ4v) is 1.99. The zero-order valence-corrected chi connectivity index (χ0v) is 13.2. The van der Waals surface area contributed by atoms with E-state index in [1.54, 1.807) is 21.0 Å². The Kier molecular flexibility index (Phi) is 4.94. The molecule has 1 aromatic rings. The quantitative estimate of drug-likeness (QED) is 0.629. The lowest BCUT2D eigenvalue weighted by Crippen LogP contribution is -2.48. The maximum atomic E-state index is 11.9. The lowest BCUT2D eigenvalue weighted by Gasteiger charge is -2.26. The molecule has 2 N–H and O–H groups in total. The number of amides is 4. The first-order valence-electron chi connectivity index (χ1n) is 7.04. The van der Waals surface area contributed by atoms with Crippen LogP contribution in [0.5, 0.6) is 0 Å². The van der Waals surface area contributed by atoms with Gasteiger partial charge < -0.3 is 19.5 Å². The van der Waals surface area contributed by atoms with E-state index in [9.17, 15) is 14.4 Å². The van der Waals surface area contributed by atoms with Crippen LogP contribution >= 0.6 is 0 Å². The van der Waals surface area contributed by atoms with E-state index in [0.29, 0.717) is 24.7 Å². The van der Waals surface area contributed by atoms with E-state index in [0.717, 1.165) is 0 Å². The van der Waals surface area contributed by atoms with Crippen LogP contribution in [0.2, 0.25) is 0 Å². The lowest BCUT2D eigenvalue weighted by molar-refractivity contribution is -0.127. The lowest BCUT2D eigenvalue weighted by atomic mass is 10.0. The minimum absolute atomic E-state index is 0.0686. The molecular formula is C13H19N5O5. The second kappa shape index (κ2) is 6.73. The van der Waals surface area contributed by atoms with Crippen LogP contribution in [0.1, 0.15) is 25.6 Å². The number of nitrogens with one attached hydrogen (secondary N) is 2. The molecule has 0 spiro atoms. The standard InChI is InChI=1S/C13H19N5O5/c1-13(2)11(20)16-12(21)18(13)7-9(19)14-6-8-15-10(23-17-8)4-5-22-3/h4-7H2,1-3H3,(H,14,19)(H,16,20,21). The van der Waals surface area contributed by atoms with E-state index in [2.05, 4.69) is 20.8 Å². The Bertz CT molecular complexity index is 612. The minimum atomic E-state index is -1.06.